The Morgan fingerprint density at radius 1 is 1.26 bits per heavy atom. The van der Waals surface area contributed by atoms with E-state index < -0.39 is 0 Å². The second-order valence-electron chi connectivity index (χ2n) is 5.41. The molecule has 0 radical (unpaired) electrons. The molecule has 2 unspecified atom stereocenters. The fourth-order valence-electron chi connectivity index (χ4n) is 3.19. The quantitative estimate of drug-likeness (QED) is 0.659. The Hall–Kier alpha value is -1.36. The fourth-order valence-corrected chi connectivity index (χ4v) is 3.19. The van der Waals surface area contributed by atoms with Crippen molar-refractivity contribution in [2.24, 2.45) is 5.16 Å². The van der Waals surface area contributed by atoms with Crippen molar-refractivity contribution in [2.45, 2.75) is 57.1 Å². The summed E-state index contributed by atoms with van der Waals surface area (Å²) in [5.74, 6) is 0.201. The van der Waals surface area contributed by atoms with Gasteiger partial charge in [-0.15, -0.1) is 0 Å². The zero-order valence-corrected chi connectivity index (χ0v) is 11.2. The van der Waals surface area contributed by atoms with Crippen LogP contribution in [0.2, 0.25) is 0 Å². The number of nitrogens with zero attached hydrogens (tertiary/aromatic N) is 3. The monoisotopic (exact) mass is 263 g/mol. The van der Waals surface area contributed by atoms with E-state index >= 15 is 0 Å². The lowest BCUT2D eigenvalue weighted by atomic mass is 9.85. The summed E-state index contributed by atoms with van der Waals surface area (Å²) < 4.78 is 7.82. The van der Waals surface area contributed by atoms with Crippen LogP contribution in [0.15, 0.2) is 17.4 Å². The van der Waals surface area contributed by atoms with Crippen LogP contribution in [0.4, 0.5) is 0 Å². The molecule has 104 valence electrons. The van der Waals surface area contributed by atoms with Crippen LogP contribution in [-0.2, 0) is 4.74 Å². The molecule has 5 heteroatoms. The summed E-state index contributed by atoms with van der Waals surface area (Å²) in [6, 6.07) is 2.04. The SMILES string of the molecule is ON=C1CCCCC1c1ccnn1C1CCCCO1. The minimum atomic E-state index is 0.0561. The Morgan fingerprint density at radius 2 is 2.16 bits per heavy atom. The molecular formula is C14H21N3O2. The van der Waals surface area contributed by atoms with Gasteiger partial charge in [-0.05, 0) is 44.6 Å². The van der Waals surface area contributed by atoms with Crippen molar-refractivity contribution >= 4 is 5.71 Å². The molecule has 2 fully saturated rings. The van der Waals surface area contributed by atoms with E-state index in [4.69, 9.17) is 4.74 Å². The molecule has 1 aromatic heterocycles. The molecule has 1 N–H and O–H groups in total. The minimum Gasteiger partial charge on any atom is -0.411 e. The highest BCUT2D eigenvalue weighted by Gasteiger charge is 2.28. The van der Waals surface area contributed by atoms with Gasteiger partial charge in [-0.1, -0.05) is 11.6 Å². The van der Waals surface area contributed by atoms with Gasteiger partial charge in [0.2, 0.25) is 0 Å². The number of rotatable bonds is 2. The summed E-state index contributed by atoms with van der Waals surface area (Å²) in [6.07, 6.45) is 9.46. The van der Waals surface area contributed by atoms with Crippen LogP contribution in [0.1, 0.15) is 62.8 Å². The normalized spacial score (nSPS) is 30.6. The first-order valence-corrected chi connectivity index (χ1v) is 7.26. The zero-order valence-electron chi connectivity index (χ0n) is 11.2. The van der Waals surface area contributed by atoms with E-state index in [1.807, 2.05) is 16.9 Å². The lowest BCUT2D eigenvalue weighted by Gasteiger charge is -2.28. The molecule has 3 rings (SSSR count). The predicted molar refractivity (Wildman–Crippen MR) is 71.5 cm³/mol. The van der Waals surface area contributed by atoms with Crippen molar-refractivity contribution < 1.29 is 9.94 Å². The highest BCUT2D eigenvalue weighted by atomic mass is 16.5. The van der Waals surface area contributed by atoms with Crippen LogP contribution >= 0.6 is 0 Å². The van der Waals surface area contributed by atoms with E-state index in [1.54, 1.807) is 0 Å². The lowest BCUT2D eigenvalue weighted by molar-refractivity contribution is -0.0413. The maximum atomic E-state index is 9.19. The Labute approximate surface area is 113 Å². The number of hydrogen-bond donors (Lipinski definition) is 1. The van der Waals surface area contributed by atoms with Crippen molar-refractivity contribution in [3.05, 3.63) is 18.0 Å². The van der Waals surface area contributed by atoms with Gasteiger partial charge >= 0.3 is 0 Å². The second kappa shape index (κ2) is 5.74. The van der Waals surface area contributed by atoms with Gasteiger partial charge in [-0.2, -0.15) is 5.10 Å². The summed E-state index contributed by atoms with van der Waals surface area (Å²) in [5.41, 5.74) is 2.03. The topological polar surface area (TPSA) is 59.6 Å². The van der Waals surface area contributed by atoms with E-state index in [-0.39, 0.29) is 12.1 Å². The van der Waals surface area contributed by atoms with Gasteiger partial charge in [0.1, 0.15) is 6.23 Å². The van der Waals surface area contributed by atoms with Gasteiger partial charge in [0, 0.05) is 18.7 Å². The molecule has 1 aliphatic heterocycles. The summed E-state index contributed by atoms with van der Waals surface area (Å²) in [5, 5.41) is 17.1. The molecular weight excluding hydrogens is 242 g/mol. The molecule has 19 heavy (non-hydrogen) atoms. The molecule has 2 heterocycles. The van der Waals surface area contributed by atoms with Crippen LogP contribution < -0.4 is 0 Å². The van der Waals surface area contributed by atoms with E-state index in [2.05, 4.69) is 10.3 Å². The van der Waals surface area contributed by atoms with E-state index in [0.717, 1.165) is 50.1 Å². The molecule has 1 saturated carbocycles. The maximum absolute atomic E-state index is 9.19. The Morgan fingerprint density at radius 3 is 2.95 bits per heavy atom. The molecule has 5 nitrogen and oxygen atoms in total. The Kier molecular flexibility index (Phi) is 3.82. The summed E-state index contributed by atoms with van der Waals surface area (Å²) in [4.78, 5) is 0. The van der Waals surface area contributed by atoms with Crippen molar-refractivity contribution in [1.82, 2.24) is 9.78 Å². The highest BCUT2D eigenvalue weighted by molar-refractivity contribution is 5.90. The molecule has 0 bridgehead atoms. The smallest absolute Gasteiger partial charge is 0.150 e. The first kappa shape index (κ1) is 12.7. The molecule has 1 saturated heterocycles. The fraction of sp³-hybridized carbons (Fsp3) is 0.714. The first-order valence-electron chi connectivity index (χ1n) is 7.26. The van der Waals surface area contributed by atoms with Gasteiger partial charge in [-0.3, -0.25) is 0 Å². The molecule has 0 spiro atoms. The molecule has 0 aromatic carbocycles. The van der Waals surface area contributed by atoms with Crippen molar-refractivity contribution in [1.29, 1.82) is 0 Å². The van der Waals surface area contributed by atoms with Crippen LogP contribution in [0.3, 0.4) is 0 Å². The number of aromatic nitrogens is 2. The number of ether oxygens (including phenoxy) is 1. The number of oxime groups is 1. The van der Waals surface area contributed by atoms with Crippen LogP contribution in [0.5, 0.6) is 0 Å². The third kappa shape index (κ3) is 2.52. The van der Waals surface area contributed by atoms with Crippen molar-refractivity contribution in [3.8, 4) is 0 Å². The molecule has 0 amide bonds. The van der Waals surface area contributed by atoms with E-state index in [9.17, 15) is 5.21 Å². The van der Waals surface area contributed by atoms with Crippen molar-refractivity contribution in [2.75, 3.05) is 6.61 Å². The third-order valence-electron chi connectivity index (χ3n) is 4.19. The largest absolute Gasteiger partial charge is 0.411 e. The predicted octanol–water partition coefficient (Wildman–Crippen LogP) is 3.07. The van der Waals surface area contributed by atoms with E-state index in [1.165, 1.54) is 12.8 Å². The zero-order chi connectivity index (χ0) is 13.1. The minimum absolute atomic E-state index is 0.0561. The van der Waals surface area contributed by atoms with Gasteiger partial charge in [0.05, 0.1) is 11.4 Å². The van der Waals surface area contributed by atoms with Crippen LogP contribution in [0.25, 0.3) is 0 Å². The summed E-state index contributed by atoms with van der Waals surface area (Å²) in [7, 11) is 0. The summed E-state index contributed by atoms with van der Waals surface area (Å²) in [6.45, 7) is 0.815. The van der Waals surface area contributed by atoms with Gasteiger partial charge < -0.3 is 9.94 Å². The second-order valence-corrected chi connectivity index (χ2v) is 5.41. The Balaban J connectivity index is 1.86. The molecule has 1 aromatic rings. The van der Waals surface area contributed by atoms with Gasteiger partial charge in [0.25, 0.3) is 0 Å². The average Bonchev–Trinajstić information content (AvgIpc) is 2.97. The van der Waals surface area contributed by atoms with Crippen LogP contribution in [-0.4, -0.2) is 27.3 Å². The van der Waals surface area contributed by atoms with Crippen LogP contribution in [0, 0.1) is 0 Å². The first-order chi connectivity index (χ1) is 9.40. The molecule has 1 aliphatic carbocycles. The maximum Gasteiger partial charge on any atom is 0.150 e. The molecule has 2 atom stereocenters. The van der Waals surface area contributed by atoms with Gasteiger partial charge in [-0.25, -0.2) is 4.68 Å². The van der Waals surface area contributed by atoms with Gasteiger partial charge in [0.15, 0.2) is 0 Å². The number of hydrogen-bond acceptors (Lipinski definition) is 4. The third-order valence-corrected chi connectivity index (χ3v) is 4.19. The average molecular weight is 263 g/mol. The van der Waals surface area contributed by atoms with Crippen molar-refractivity contribution in [3.63, 3.8) is 0 Å². The van der Waals surface area contributed by atoms with E-state index in [0.29, 0.717) is 0 Å². The molecule has 2 aliphatic rings. The Bertz CT molecular complexity index is 449. The standard InChI is InChI=1S/C14H21N3O2/c18-16-12-6-2-1-5-11(12)13-8-9-15-17(13)14-7-3-4-10-19-14/h8-9,11,14,18H,1-7,10H2. The summed E-state index contributed by atoms with van der Waals surface area (Å²) >= 11 is 0. The highest BCUT2D eigenvalue weighted by Crippen LogP contribution is 2.33. The lowest BCUT2D eigenvalue weighted by Crippen LogP contribution is -2.26.